The van der Waals surface area contributed by atoms with E-state index in [9.17, 15) is 14.4 Å². The molecule has 7 heteroatoms. The topological polar surface area (TPSA) is 87.7 Å². The maximum atomic E-state index is 12.3. The lowest BCUT2D eigenvalue weighted by Crippen LogP contribution is -2.43. The van der Waals surface area contributed by atoms with Crippen LogP contribution >= 0.6 is 0 Å². The van der Waals surface area contributed by atoms with Gasteiger partial charge in [-0.15, -0.1) is 0 Å². The summed E-state index contributed by atoms with van der Waals surface area (Å²) in [6, 6.07) is 6.91. The van der Waals surface area contributed by atoms with Crippen molar-refractivity contribution in [2.24, 2.45) is 5.92 Å². The molecule has 2 N–H and O–H groups in total. The number of carbonyl (C=O) groups is 3. The fourth-order valence-electron chi connectivity index (χ4n) is 2.41. The van der Waals surface area contributed by atoms with Crippen LogP contribution in [0.2, 0.25) is 0 Å². The van der Waals surface area contributed by atoms with Crippen molar-refractivity contribution >= 4 is 23.4 Å². The molecule has 0 aromatic heterocycles. The third-order valence-corrected chi connectivity index (χ3v) is 3.87. The lowest BCUT2D eigenvalue weighted by molar-refractivity contribution is -0.136. The molecule has 0 bridgehead atoms. The second-order valence-corrected chi connectivity index (χ2v) is 6.82. The molecule has 1 aromatic rings. The van der Waals surface area contributed by atoms with E-state index in [0.717, 1.165) is 12.8 Å². The first kappa shape index (κ1) is 22.5. The average Bonchev–Trinajstić information content (AvgIpc) is 2.63. The van der Waals surface area contributed by atoms with E-state index in [0.29, 0.717) is 24.4 Å². The molecule has 0 radical (unpaired) electrons. The number of methoxy groups -OCH3 is 1. The second-order valence-electron chi connectivity index (χ2n) is 6.82. The summed E-state index contributed by atoms with van der Waals surface area (Å²) in [5, 5.41) is 5.27. The highest BCUT2D eigenvalue weighted by Crippen LogP contribution is 2.14. The Balaban J connectivity index is 2.47. The lowest BCUT2D eigenvalue weighted by atomic mass is 10.1. The largest absolute Gasteiger partial charge is 0.497 e. The van der Waals surface area contributed by atoms with Crippen molar-refractivity contribution < 1.29 is 19.1 Å². The Labute approximate surface area is 161 Å². The van der Waals surface area contributed by atoms with E-state index in [4.69, 9.17) is 4.74 Å². The van der Waals surface area contributed by atoms with E-state index < -0.39 is 0 Å². The van der Waals surface area contributed by atoms with E-state index in [1.54, 1.807) is 36.3 Å². The molecule has 3 amide bonds. The number of hydrogen-bond donors (Lipinski definition) is 2. The summed E-state index contributed by atoms with van der Waals surface area (Å²) in [5.41, 5.74) is 0.617. The molecular weight excluding hydrogens is 346 g/mol. The lowest BCUT2D eigenvalue weighted by Gasteiger charge is -2.23. The van der Waals surface area contributed by atoms with Gasteiger partial charge in [0.05, 0.1) is 20.2 Å². The molecule has 1 rings (SSSR count). The van der Waals surface area contributed by atoms with Gasteiger partial charge in [0.15, 0.2) is 0 Å². The predicted octanol–water partition coefficient (Wildman–Crippen LogP) is 2.42. The maximum Gasteiger partial charge on any atom is 0.243 e. The zero-order valence-corrected chi connectivity index (χ0v) is 16.7. The van der Waals surface area contributed by atoms with Crippen molar-refractivity contribution in [2.75, 3.05) is 32.1 Å². The molecule has 0 heterocycles. The fourth-order valence-corrected chi connectivity index (χ4v) is 2.41. The molecule has 0 spiro atoms. The zero-order chi connectivity index (χ0) is 20.2. The molecular formula is C20H31N3O4. The number of anilines is 1. The zero-order valence-electron chi connectivity index (χ0n) is 16.7. The highest BCUT2D eigenvalue weighted by molar-refractivity contribution is 5.95. The number of carbonyl (C=O) groups excluding carboxylic acids is 3. The SMILES string of the molecule is CCCCN(CC(=O)NCC(=O)Nc1ccc(OC)cc1)C(=O)CC(C)C. The maximum absolute atomic E-state index is 12.3. The van der Waals surface area contributed by atoms with Crippen LogP contribution in [-0.2, 0) is 14.4 Å². The Kier molecular flexibility index (Phi) is 9.93. The number of unbranched alkanes of at least 4 members (excludes halogenated alkanes) is 1. The molecule has 0 aliphatic rings. The Morgan fingerprint density at radius 1 is 1.11 bits per heavy atom. The quantitative estimate of drug-likeness (QED) is 0.620. The Morgan fingerprint density at radius 3 is 2.33 bits per heavy atom. The Morgan fingerprint density at radius 2 is 1.78 bits per heavy atom. The average molecular weight is 377 g/mol. The highest BCUT2D eigenvalue weighted by atomic mass is 16.5. The molecule has 0 saturated heterocycles. The van der Waals surface area contributed by atoms with Crippen molar-refractivity contribution in [2.45, 2.75) is 40.0 Å². The third-order valence-electron chi connectivity index (χ3n) is 3.87. The molecule has 150 valence electrons. The van der Waals surface area contributed by atoms with Crippen molar-refractivity contribution in [3.05, 3.63) is 24.3 Å². The van der Waals surface area contributed by atoms with Crippen LogP contribution in [-0.4, -0.2) is 49.4 Å². The number of amides is 3. The van der Waals surface area contributed by atoms with Gasteiger partial charge in [-0.3, -0.25) is 14.4 Å². The van der Waals surface area contributed by atoms with Crippen LogP contribution in [0.25, 0.3) is 0 Å². The number of benzene rings is 1. The van der Waals surface area contributed by atoms with Gasteiger partial charge in [0.25, 0.3) is 0 Å². The van der Waals surface area contributed by atoms with E-state index in [-0.39, 0.29) is 36.7 Å². The molecule has 0 fully saturated rings. The monoisotopic (exact) mass is 377 g/mol. The van der Waals surface area contributed by atoms with Crippen molar-refractivity contribution in [1.29, 1.82) is 0 Å². The summed E-state index contributed by atoms with van der Waals surface area (Å²) in [6.45, 7) is 6.35. The molecule has 1 aromatic carbocycles. The molecule has 0 aliphatic carbocycles. The Bertz CT molecular complexity index is 614. The van der Waals surface area contributed by atoms with Crippen LogP contribution < -0.4 is 15.4 Å². The Hall–Kier alpha value is -2.57. The fraction of sp³-hybridized carbons (Fsp3) is 0.550. The van der Waals surface area contributed by atoms with Gasteiger partial charge in [-0.1, -0.05) is 27.2 Å². The first-order chi connectivity index (χ1) is 12.8. The predicted molar refractivity (Wildman–Crippen MR) is 106 cm³/mol. The van der Waals surface area contributed by atoms with E-state index in [1.165, 1.54) is 0 Å². The van der Waals surface area contributed by atoms with Crippen LogP contribution in [0.1, 0.15) is 40.0 Å². The van der Waals surface area contributed by atoms with Gasteiger partial charge in [0.2, 0.25) is 17.7 Å². The van der Waals surface area contributed by atoms with Gasteiger partial charge in [0.1, 0.15) is 5.75 Å². The van der Waals surface area contributed by atoms with Gasteiger partial charge in [0, 0.05) is 18.7 Å². The highest BCUT2D eigenvalue weighted by Gasteiger charge is 2.18. The van der Waals surface area contributed by atoms with Gasteiger partial charge < -0.3 is 20.3 Å². The smallest absolute Gasteiger partial charge is 0.243 e. The number of rotatable bonds is 11. The van der Waals surface area contributed by atoms with E-state index in [2.05, 4.69) is 10.6 Å². The first-order valence-corrected chi connectivity index (χ1v) is 9.34. The van der Waals surface area contributed by atoms with Crippen LogP contribution in [0.3, 0.4) is 0 Å². The number of nitrogens with one attached hydrogen (secondary N) is 2. The first-order valence-electron chi connectivity index (χ1n) is 9.34. The molecule has 7 nitrogen and oxygen atoms in total. The summed E-state index contributed by atoms with van der Waals surface area (Å²) in [7, 11) is 1.57. The minimum atomic E-state index is -0.340. The minimum absolute atomic E-state index is 0.0264. The van der Waals surface area contributed by atoms with Gasteiger partial charge in [-0.25, -0.2) is 0 Å². The van der Waals surface area contributed by atoms with Crippen molar-refractivity contribution in [1.82, 2.24) is 10.2 Å². The van der Waals surface area contributed by atoms with Crippen LogP contribution in [0.15, 0.2) is 24.3 Å². The van der Waals surface area contributed by atoms with E-state index in [1.807, 2.05) is 20.8 Å². The number of nitrogens with zero attached hydrogens (tertiary/aromatic N) is 1. The minimum Gasteiger partial charge on any atom is -0.497 e. The second kappa shape index (κ2) is 11.9. The molecule has 0 aliphatic heterocycles. The normalized spacial score (nSPS) is 10.4. The summed E-state index contributed by atoms with van der Waals surface area (Å²) < 4.78 is 5.06. The summed E-state index contributed by atoms with van der Waals surface area (Å²) in [6.07, 6.45) is 2.20. The summed E-state index contributed by atoms with van der Waals surface area (Å²) >= 11 is 0. The van der Waals surface area contributed by atoms with Gasteiger partial charge in [-0.05, 0) is 36.6 Å². The molecule has 27 heavy (non-hydrogen) atoms. The van der Waals surface area contributed by atoms with Crippen molar-refractivity contribution in [3.63, 3.8) is 0 Å². The van der Waals surface area contributed by atoms with Gasteiger partial charge in [-0.2, -0.15) is 0 Å². The summed E-state index contributed by atoms with van der Waals surface area (Å²) in [5.74, 6) is 0.228. The third kappa shape index (κ3) is 9.08. The number of ether oxygens (including phenoxy) is 1. The molecule has 0 saturated carbocycles. The van der Waals surface area contributed by atoms with Crippen LogP contribution in [0.4, 0.5) is 5.69 Å². The molecule has 0 unspecified atom stereocenters. The summed E-state index contributed by atoms with van der Waals surface area (Å²) in [4.78, 5) is 38.0. The van der Waals surface area contributed by atoms with Crippen molar-refractivity contribution in [3.8, 4) is 5.75 Å². The van der Waals surface area contributed by atoms with E-state index >= 15 is 0 Å². The standard InChI is InChI=1S/C20H31N3O4/c1-5-6-11-23(20(26)12-15(2)3)14-19(25)21-13-18(24)22-16-7-9-17(27-4)10-8-16/h7-10,15H,5-6,11-14H2,1-4H3,(H,21,25)(H,22,24). The van der Waals surface area contributed by atoms with Gasteiger partial charge >= 0.3 is 0 Å². The van der Waals surface area contributed by atoms with Crippen LogP contribution in [0, 0.1) is 5.92 Å². The number of hydrogen-bond acceptors (Lipinski definition) is 4. The van der Waals surface area contributed by atoms with Crippen LogP contribution in [0.5, 0.6) is 5.75 Å². The molecule has 0 atom stereocenters.